The molecule has 0 fully saturated rings. The number of methoxy groups -OCH3 is 1. The van der Waals surface area contributed by atoms with Crippen LogP contribution in [0.2, 0.25) is 0 Å². The first-order chi connectivity index (χ1) is 10.1. The highest BCUT2D eigenvalue weighted by Crippen LogP contribution is 2.27. The van der Waals surface area contributed by atoms with Crippen molar-refractivity contribution in [2.75, 3.05) is 19.0 Å². The van der Waals surface area contributed by atoms with Gasteiger partial charge in [0.1, 0.15) is 0 Å². The minimum Gasteiger partial charge on any atom is -0.467 e. The maximum absolute atomic E-state index is 10.6. The van der Waals surface area contributed by atoms with Gasteiger partial charge in [0.2, 0.25) is 11.1 Å². The molecule has 0 aliphatic rings. The van der Waals surface area contributed by atoms with Crippen molar-refractivity contribution in [2.24, 2.45) is 0 Å². The summed E-state index contributed by atoms with van der Waals surface area (Å²) in [5.74, 6) is 0.425. The molecule has 0 aliphatic carbocycles. The van der Waals surface area contributed by atoms with Crippen LogP contribution < -0.4 is 10.1 Å². The Morgan fingerprint density at radius 2 is 2.00 bits per heavy atom. The number of rotatable bonds is 6. The first kappa shape index (κ1) is 15.0. The number of benzene rings is 1. The molecule has 0 saturated heterocycles. The van der Waals surface area contributed by atoms with Gasteiger partial charge in [-0.1, -0.05) is 0 Å². The van der Waals surface area contributed by atoms with Crippen molar-refractivity contribution in [3.05, 3.63) is 34.4 Å². The molecular formula is C12H13N5O3S. The molecule has 1 aromatic carbocycles. The van der Waals surface area contributed by atoms with E-state index in [1.54, 1.807) is 12.1 Å². The summed E-state index contributed by atoms with van der Waals surface area (Å²) < 4.78 is 5.03. The van der Waals surface area contributed by atoms with Gasteiger partial charge in [-0.3, -0.25) is 10.1 Å². The Morgan fingerprint density at radius 3 is 2.57 bits per heavy atom. The molecule has 0 bridgehead atoms. The highest BCUT2D eigenvalue weighted by atomic mass is 32.2. The fourth-order valence-electron chi connectivity index (χ4n) is 1.45. The average molecular weight is 307 g/mol. The van der Waals surface area contributed by atoms with Crippen LogP contribution >= 0.6 is 11.8 Å². The molecule has 2 aromatic rings. The molecule has 2 rings (SSSR count). The molecule has 1 N–H and O–H groups in total. The minimum absolute atomic E-state index is 0.0425. The van der Waals surface area contributed by atoms with Gasteiger partial charge in [-0.15, -0.1) is 0 Å². The topological polar surface area (TPSA) is 103 Å². The lowest BCUT2D eigenvalue weighted by Gasteiger charge is -2.06. The lowest BCUT2D eigenvalue weighted by Crippen LogP contribution is -2.05. The van der Waals surface area contributed by atoms with Gasteiger partial charge in [0.05, 0.1) is 12.0 Å². The summed E-state index contributed by atoms with van der Waals surface area (Å²) in [4.78, 5) is 23.4. The van der Waals surface area contributed by atoms with Crippen molar-refractivity contribution in [2.45, 2.75) is 17.0 Å². The number of hydrogen-bond acceptors (Lipinski definition) is 8. The number of nitro groups is 1. The van der Waals surface area contributed by atoms with Gasteiger partial charge in [0.15, 0.2) is 0 Å². The quantitative estimate of drug-likeness (QED) is 0.641. The van der Waals surface area contributed by atoms with E-state index in [2.05, 4.69) is 20.3 Å². The predicted molar refractivity (Wildman–Crippen MR) is 77.8 cm³/mol. The SMILES string of the molecule is CCNc1nc(OC)nc(Sc2ccc([N+](=O)[O-])cc2)n1. The third-order valence-corrected chi connectivity index (χ3v) is 3.24. The summed E-state index contributed by atoms with van der Waals surface area (Å²) in [5.41, 5.74) is 0.0425. The Labute approximate surface area is 125 Å². The number of nitrogens with one attached hydrogen (secondary N) is 1. The molecule has 0 atom stereocenters. The second kappa shape index (κ2) is 6.84. The zero-order chi connectivity index (χ0) is 15.2. The molecule has 1 aromatic heterocycles. The van der Waals surface area contributed by atoms with Crippen LogP contribution in [0.1, 0.15) is 6.92 Å². The number of non-ortho nitro benzene ring substituents is 1. The number of aromatic nitrogens is 3. The zero-order valence-electron chi connectivity index (χ0n) is 11.4. The van der Waals surface area contributed by atoms with Gasteiger partial charge in [0, 0.05) is 23.6 Å². The summed E-state index contributed by atoms with van der Waals surface area (Å²) in [6.07, 6.45) is 0. The number of hydrogen-bond donors (Lipinski definition) is 1. The fourth-order valence-corrected chi connectivity index (χ4v) is 2.19. The molecule has 110 valence electrons. The molecule has 0 spiro atoms. The molecular weight excluding hydrogens is 294 g/mol. The molecule has 0 aliphatic heterocycles. The van der Waals surface area contributed by atoms with Gasteiger partial charge in [-0.05, 0) is 30.8 Å². The van der Waals surface area contributed by atoms with Crippen LogP contribution in [0.5, 0.6) is 6.01 Å². The van der Waals surface area contributed by atoms with E-state index in [1.807, 2.05) is 6.92 Å². The van der Waals surface area contributed by atoms with Crippen molar-refractivity contribution in [1.29, 1.82) is 0 Å². The molecule has 1 heterocycles. The molecule has 0 radical (unpaired) electrons. The fraction of sp³-hybridized carbons (Fsp3) is 0.250. The average Bonchev–Trinajstić information content (AvgIpc) is 2.48. The first-order valence-corrected chi connectivity index (χ1v) is 6.90. The van der Waals surface area contributed by atoms with Gasteiger partial charge in [-0.25, -0.2) is 0 Å². The van der Waals surface area contributed by atoms with E-state index in [9.17, 15) is 10.1 Å². The molecule has 0 unspecified atom stereocenters. The van der Waals surface area contributed by atoms with Crippen molar-refractivity contribution >= 4 is 23.4 Å². The van der Waals surface area contributed by atoms with E-state index in [-0.39, 0.29) is 11.7 Å². The van der Waals surface area contributed by atoms with Crippen LogP contribution in [-0.2, 0) is 0 Å². The second-order valence-corrected chi connectivity index (χ2v) is 4.85. The van der Waals surface area contributed by atoms with E-state index >= 15 is 0 Å². The molecule has 9 heteroatoms. The number of ether oxygens (including phenoxy) is 1. The van der Waals surface area contributed by atoms with Crippen molar-refractivity contribution < 1.29 is 9.66 Å². The highest BCUT2D eigenvalue weighted by Gasteiger charge is 2.09. The third kappa shape index (κ3) is 4.02. The summed E-state index contributed by atoms with van der Waals surface area (Å²) in [6.45, 7) is 2.61. The van der Waals surface area contributed by atoms with Crippen molar-refractivity contribution in [1.82, 2.24) is 15.0 Å². The van der Waals surface area contributed by atoms with Crippen LogP contribution in [0.15, 0.2) is 34.3 Å². The molecule has 21 heavy (non-hydrogen) atoms. The lowest BCUT2D eigenvalue weighted by atomic mass is 10.3. The van der Waals surface area contributed by atoms with Gasteiger partial charge in [-0.2, -0.15) is 15.0 Å². The van der Waals surface area contributed by atoms with Crippen LogP contribution in [0.3, 0.4) is 0 Å². The Balaban J connectivity index is 2.21. The highest BCUT2D eigenvalue weighted by molar-refractivity contribution is 7.99. The van der Waals surface area contributed by atoms with E-state index in [0.29, 0.717) is 17.6 Å². The van der Waals surface area contributed by atoms with E-state index in [0.717, 1.165) is 4.90 Å². The number of anilines is 1. The van der Waals surface area contributed by atoms with Gasteiger partial charge < -0.3 is 10.1 Å². The largest absolute Gasteiger partial charge is 0.467 e. The minimum atomic E-state index is -0.441. The van der Waals surface area contributed by atoms with Crippen LogP contribution in [0, 0.1) is 10.1 Å². The van der Waals surface area contributed by atoms with Crippen LogP contribution in [0.4, 0.5) is 11.6 Å². The Hall–Kier alpha value is -2.42. The molecule has 0 saturated carbocycles. The van der Waals surface area contributed by atoms with Crippen molar-refractivity contribution in [3.8, 4) is 6.01 Å². The Morgan fingerprint density at radius 1 is 1.29 bits per heavy atom. The predicted octanol–water partition coefficient (Wildman–Crippen LogP) is 2.37. The summed E-state index contributed by atoms with van der Waals surface area (Å²) >= 11 is 1.27. The van der Waals surface area contributed by atoms with Crippen LogP contribution in [0.25, 0.3) is 0 Å². The maximum Gasteiger partial charge on any atom is 0.321 e. The normalized spacial score (nSPS) is 10.2. The van der Waals surface area contributed by atoms with E-state index in [1.165, 1.54) is 31.0 Å². The first-order valence-electron chi connectivity index (χ1n) is 6.08. The number of nitro benzene ring substituents is 1. The molecule has 0 amide bonds. The van der Waals surface area contributed by atoms with E-state index in [4.69, 9.17) is 4.74 Å². The summed E-state index contributed by atoms with van der Waals surface area (Å²) in [5, 5.41) is 14.0. The Kier molecular flexibility index (Phi) is 4.88. The zero-order valence-corrected chi connectivity index (χ0v) is 12.3. The summed E-state index contributed by atoms with van der Waals surface area (Å²) in [6, 6.07) is 6.38. The van der Waals surface area contributed by atoms with Crippen LogP contribution in [-0.4, -0.2) is 33.5 Å². The number of nitrogens with zero attached hydrogens (tertiary/aromatic N) is 4. The smallest absolute Gasteiger partial charge is 0.321 e. The van der Waals surface area contributed by atoms with E-state index < -0.39 is 4.92 Å². The maximum atomic E-state index is 10.6. The standard InChI is InChI=1S/C12H13N5O3S/c1-3-13-10-14-11(20-2)16-12(15-10)21-9-6-4-8(5-7-9)17(18)19/h4-7H,3H2,1-2H3,(H,13,14,15,16). The summed E-state index contributed by atoms with van der Waals surface area (Å²) in [7, 11) is 1.48. The second-order valence-electron chi connectivity index (χ2n) is 3.81. The monoisotopic (exact) mass is 307 g/mol. The van der Waals surface area contributed by atoms with Gasteiger partial charge >= 0.3 is 6.01 Å². The third-order valence-electron chi connectivity index (χ3n) is 2.37. The lowest BCUT2D eigenvalue weighted by molar-refractivity contribution is -0.384. The van der Waals surface area contributed by atoms with Gasteiger partial charge in [0.25, 0.3) is 5.69 Å². The Bertz CT molecular complexity index is 635. The molecule has 8 nitrogen and oxygen atoms in total. The van der Waals surface area contributed by atoms with Crippen molar-refractivity contribution in [3.63, 3.8) is 0 Å².